The fourth-order valence-corrected chi connectivity index (χ4v) is 2.34. The number of nitrogen functional groups attached to an aromatic ring is 1. The molecule has 3 N–H and O–H groups in total. The van der Waals surface area contributed by atoms with Crippen molar-refractivity contribution in [3.63, 3.8) is 0 Å². The summed E-state index contributed by atoms with van der Waals surface area (Å²) in [5, 5.41) is 1.11. The maximum Gasteiger partial charge on any atom is 0.0758 e. The number of fused-ring (bicyclic) bond motifs is 1. The summed E-state index contributed by atoms with van der Waals surface area (Å²) in [4.78, 5) is 4.80. The Morgan fingerprint density at radius 3 is 2.61 bits per heavy atom. The number of nitrogens with two attached hydrogens (primary N) is 1. The Morgan fingerprint density at radius 2 is 1.94 bits per heavy atom. The van der Waals surface area contributed by atoms with Crippen molar-refractivity contribution in [2.75, 3.05) is 5.43 Å². The van der Waals surface area contributed by atoms with Crippen LogP contribution in [0.25, 0.3) is 10.9 Å². The van der Waals surface area contributed by atoms with Crippen LogP contribution in [0.3, 0.4) is 0 Å². The summed E-state index contributed by atoms with van der Waals surface area (Å²) in [5.74, 6) is 5.63. The molecule has 0 aliphatic rings. The minimum atomic E-state index is 0.974. The molecular weight excluding hydrogens is 222 g/mol. The molecule has 0 saturated carbocycles. The molecule has 0 fully saturated rings. The minimum absolute atomic E-state index is 0.974. The van der Waals surface area contributed by atoms with Gasteiger partial charge in [-0.1, -0.05) is 44.9 Å². The van der Waals surface area contributed by atoms with Gasteiger partial charge in [-0.05, 0) is 24.5 Å². The predicted octanol–water partition coefficient (Wildman–Crippen LogP) is 3.43. The third-order valence-corrected chi connectivity index (χ3v) is 3.16. The smallest absolute Gasteiger partial charge is 0.0758 e. The Kier molecular flexibility index (Phi) is 4.15. The first kappa shape index (κ1) is 12.8. The molecule has 0 unspecified atom stereocenters. The summed E-state index contributed by atoms with van der Waals surface area (Å²) in [7, 11) is 0. The zero-order valence-corrected chi connectivity index (χ0v) is 11.2. The molecule has 0 aliphatic heterocycles. The highest BCUT2D eigenvalue weighted by atomic mass is 15.2. The zero-order chi connectivity index (χ0) is 13.0. The molecule has 0 aliphatic carbocycles. The number of nitrogens with zero attached hydrogens (tertiary/aromatic N) is 1. The zero-order valence-electron chi connectivity index (χ0n) is 11.2. The molecule has 1 aromatic heterocycles. The molecule has 0 amide bonds. The van der Waals surface area contributed by atoms with Gasteiger partial charge in [0.15, 0.2) is 0 Å². The number of hydrazine groups is 1. The Labute approximate surface area is 108 Å². The van der Waals surface area contributed by atoms with Crippen LogP contribution < -0.4 is 11.3 Å². The van der Waals surface area contributed by atoms with Gasteiger partial charge in [-0.2, -0.15) is 0 Å². The van der Waals surface area contributed by atoms with Crippen molar-refractivity contribution in [2.24, 2.45) is 5.84 Å². The van der Waals surface area contributed by atoms with E-state index in [0.29, 0.717) is 0 Å². The first-order chi connectivity index (χ1) is 8.80. The second kappa shape index (κ2) is 5.83. The lowest BCUT2D eigenvalue weighted by atomic mass is 10.0. The Morgan fingerprint density at radius 1 is 1.17 bits per heavy atom. The quantitative estimate of drug-likeness (QED) is 0.625. The lowest BCUT2D eigenvalue weighted by Crippen LogP contribution is -2.09. The van der Waals surface area contributed by atoms with Crippen molar-refractivity contribution in [2.45, 2.75) is 39.5 Å². The number of hydrogen-bond acceptors (Lipinski definition) is 3. The highest BCUT2D eigenvalue weighted by molar-refractivity contribution is 5.93. The number of aromatic nitrogens is 1. The third-order valence-electron chi connectivity index (χ3n) is 3.16. The van der Waals surface area contributed by atoms with Gasteiger partial charge in [0.25, 0.3) is 0 Å². The number of hydrogen-bond donors (Lipinski definition) is 2. The van der Waals surface area contributed by atoms with Crippen LogP contribution in [0.4, 0.5) is 5.69 Å². The van der Waals surface area contributed by atoms with E-state index < -0.39 is 0 Å². The molecule has 3 heteroatoms. The number of para-hydroxylation sites is 1. The average Bonchev–Trinajstić information content (AvgIpc) is 2.39. The van der Waals surface area contributed by atoms with Gasteiger partial charge in [-0.3, -0.25) is 10.8 Å². The van der Waals surface area contributed by atoms with Gasteiger partial charge in [0, 0.05) is 11.1 Å². The monoisotopic (exact) mass is 243 g/mol. The molecule has 0 atom stereocenters. The number of aryl methyl sites for hydroxylation is 2. The topological polar surface area (TPSA) is 50.9 Å². The third kappa shape index (κ3) is 2.46. The minimum Gasteiger partial charge on any atom is -0.323 e. The summed E-state index contributed by atoms with van der Waals surface area (Å²) in [6.45, 7) is 4.36. The van der Waals surface area contributed by atoms with Crippen LogP contribution >= 0.6 is 0 Å². The average molecular weight is 243 g/mol. The molecule has 3 nitrogen and oxygen atoms in total. The molecule has 96 valence electrons. The van der Waals surface area contributed by atoms with Crippen molar-refractivity contribution in [1.29, 1.82) is 0 Å². The number of rotatable bonds is 5. The lowest BCUT2D eigenvalue weighted by Gasteiger charge is -2.11. The van der Waals surface area contributed by atoms with Crippen LogP contribution in [0.5, 0.6) is 0 Å². The predicted molar refractivity (Wildman–Crippen MR) is 77.5 cm³/mol. The second-order valence-electron chi connectivity index (χ2n) is 4.62. The molecule has 2 rings (SSSR count). The molecule has 0 saturated heterocycles. The van der Waals surface area contributed by atoms with E-state index in [4.69, 9.17) is 10.8 Å². The van der Waals surface area contributed by atoms with E-state index in [2.05, 4.69) is 43.5 Å². The Bertz CT molecular complexity index is 534. The first-order valence-corrected chi connectivity index (χ1v) is 6.68. The van der Waals surface area contributed by atoms with Gasteiger partial charge in [0.2, 0.25) is 0 Å². The number of benzene rings is 1. The van der Waals surface area contributed by atoms with Crippen molar-refractivity contribution < 1.29 is 0 Å². The standard InChI is InChI=1S/C15H21N3/c1-3-6-11-8-5-9-13-14(18-16)10-12(7-4-2)17-15(11)13/h5,8-10H,3-4,6-7,16H2,1-2H3,(H,17,18). The van der Waals surface area contributed by atoms with E-state index in [-0.39, 0.29) is 0 Å². The molecule has 0 spiro atoms. The molecule has 0 radical (unpaired) electrons. The molecule has 2 aromatic rings. The van der Waals surface area contributed by atoms with E-state index in [0.717, 1.165) is 48.0 Å². The van der Waals surface area contributed by atoms with Crippen LogP contribution in [0.2, 0.25) is 0 Å². The summed E-state index contributed by atoms with van der Waals surface area (Å²) in [6, 6.07) is 8.37. The number of nitrogens with one attached hydrogen (secondary N) is 1. The molecule has 1 aromatic carbocycles. The van der Waals surface area contributed by atoms with E-state index in [1.165, 1.54) is 5.56 Å². The Balaban J connectivity index is 2.63. The second-order valence-corrected chi connectivity index (χ2v) is 4.62. The fraction of sp³-hybridized carbons (Fsp3) is 0.400. The molecule has 0 bridgehead atoms. The normalized spacial score (nSPS) is 10.8. The van der Waals surface area contributed by atoms with Crippen molar-refractivity contribution in [3.8, 4) is 0 Å². The fourth-order valence-electron chi connectivity index (χ4n) is 2.34. The van der Waals surface area contributed by atoms with Gasteiger partial charge in [-0.25, -0.2) is 0 Å². The van der Waals surface area contributed by atoms with Gasteiger partial charge in [0.05, 0.1) is 11.2 Å². The van der Waals surface area contributed by atoms with E-state index in [1.807, 2.05) is 0 Å². The highest BCUT2D eigenvalue weighted by Crippen LogP contribution is 2.26. The van der Waals surface area contributed by atoms with Crippen molar-refractivity contribution in [3.05, 3.63) is 35.5 Å². The van der Waals surface area contributed by atoms with Gasteiger partial charge in [-0.15, -0.1) is 0 Å². The SMILES string of the molecule is CCCc1cc(NN)c2cccc(CCC)c2n1. The van der Waals surface area contributed by atoms with Gasteiger partial charge in [0.1, 0.15) is 0 Å². The lowest BCUT2D eigenvalue weighted by molar-refractivity contribution is 0.884. The summed E-state index contributed by atoms with van der Waals surface area (Å²) >= 11 is 0. The first-order valence-electron chi connectivity index (χ1n) is 6.68. The van der Waals surface area contributed by atoms with Crippen LogP contribution in [0.15, 0.2) is 24.3 Å². The van der Waals surface area contributed by atoms with Gasteiger partial charge >= 0.3 is 0 Å². The molecule has 18 heavy (non-hydrogen) atoms. The van der Waals surface area contributed by atoms with Crippen LogP contribution in [-0.4, -0.2) is 4.98 Å². The summed E-state index contributed by atoms with van der Waals surface area (Å²) < 4.78 is 0. The van der Waals surface area contributed by atoms with Crippen molar-refractivity contribution >= 4 is 16.6 Å². The maximum absolute atomic E-state index is 5.63. The Hall–Kier alpha value is -1.61. The van der Waals surface area contributed by atoms with Crippen LogP contribution in [-0.2, 0) is 12.8 Å². The van der Waals surface area contributed by atoms with Crippen LogP contribution in [0, 0.1) is 0 Å². The number of anilines is 1. The molecular formula is C15H21N3. The van der Waals surface area contributed by atoms with Gasteiger partial charge < -0.3 is 5.43 Å². The highest BCUT2D eigenvalue weighted by Gasteiger charge is 2.08. The molecule has 1 heterocycles. The van der Waals surface area contributed by atoms with E-state index >= 15 is 0 Å². The largest absolute Gasteiger partial charge is 0.323 e. The van der Waals surface area contributed by atoms with Crippen LogP contribution in [0.1, 0.15) is 37.9 Å². The van der Waals surface area contributed by atoms with Crippen molar-refractivity contribution in [1.82, 2.24) is 4.98 Å². The number of pyridine rings is 1. The van der Waals surface area contributed by atoms with E-state index in [1.54, 1.807) is 0 Å². The summed E-state index contributed by atoms with van der Waals surface area (Å²) in [5.41, 5.74) is 7.29. The maximum atomic E-state index is 5.63. The summed E-state index contributed by atoms with van der Waals surface area (Å²) in [6.07, 6.45) is 4.28. The van der Waals surface area contributed by atoms with E-state index in [9.17, 15) is 0 Å².